The molecule has 0 saturated heterocycles. The number of nitrogens with zero attached hydrogens (tertiary/aromatic N) is 1. The minimum atomic E-state index is -0.392. The van der Waals surface area contributed by atoms with Crippen LogP contribution in [0.4, 0.5) is 5.69 Å². The molecule has 0 aliphatic carbocycles. The van der Waals surface area contributed by atoms with Crippen molar-refractivity contribution < 1.29 is 19.1 Å². The summed E-state index contributed by atoms with van der Waals surface area (Å²) in [5.41, 5.74) is 4.52. The monoisotopic (exact) mass is 437 g/mol. The van der Waals surface area contributed by atoms with E-state index in [0.29, 0.717) is 38.9 Å². The highest BCUT2D eigenvalue weighted by molar-refractivity contribution is 6.31. The van der Waals surface area contributed by atoms with Crippen LogP contribution in [0.25, 0.3) is 0 Å². The summed E-state index contributed by atoms with van der Waals surface area (Å²) in [7, 11) is 3.11. The van der Waals surface area contributed by atoms with Crippen molar-refractivity contribution in [3.8, 4) is 11.5 Å². The Labute approximate surface area is 184 Å². The first kappa shape index (κ1) is 21.9. The van der Waals surface area contributed by atoms with Crippen LogP contribution in [0.2, 0.25) is 5.02 Å². The van der Waals surface area contributed by atoms with E-state index in [2.05, 4.69) is 15.8 Å². The van der Waals surface area contributed by atoms with Crippen molar-refractivity contribution in [1.82, 2.24) is 5.43 Å². The lowest BCUT2D eigenvalue weighted by Crippen LogP contribution is -2.18. The second-order valence-electron chi connectivity index (χ2n) is 6.35. The van der Waals surface area contributed by atoms with Crippen LogP contribution in [-0.2, 0) is 0 Å². The summed E-state index contributed by atoms with van der Waals surface area (Å²) in [6.07, 6.45) is 1.48. The van der Waals surface area contributed by atoms with Crippen LogP contribution in [0.1, 0.15) is 26.3 Å². The van der Waals surface area contributed by atoms with Gasteiger partial charge in [-0.1, -0.05) is 17.7 Å². The number of ether oxygens (including phenoxy) is 2. The molecule has 2 amide bonds. The minimum absolute atomic E-state index is 0.294. The average molecular weight is 438 g/mol. The molecule has 158 valence electrons. The maximum Gasteiger partial charge on any atom is 0.271 e. The highest BCUT2D eigenvalue weighted by Crippen LogP contribution is 2.23. The maximum absolute atomic E-state index is 12.3. The quantitative estimate of drug-likeness (QED) is 0.424. The van der Waals surface area contributed by atoms with Crippen LogP contribution in [-0.4, -0.2) is 32.2 Å². The number of hydrazone groups is 1. The topological polar surface area (TPSA) is 89.0 Å². The normalized spacial score (nSPS) is 10.5. The predicted octanol–water partition coefficient (Wildman–Crippen LogP) is 4.37. The summed E-state index contributed by atoms with van der Waals surface area (Å²) < 4.78 is 10.4. The fourth-order valence-corrected chi connectivity index (χ4v) is 2.88. The molecule has 0 radical (unpaired) electrons. The van der Waals surface area contributed by atoms with Crippen molar-refractivity contribution in [3.63, 3.8) is 0 Å². The highest BCUT2D eigenvalue weighted by atomic mass is 35.5. The fraction of sp³-hybridized carbons (Fsp3) is 0.0870. The molecule has 31 heavy (non-hydrogen) atoms. The number of hydrogen-bond acceptors (Lipinski definition) is 5. The molecular formula is C23H20ClN3O4. The lowest BCUT2D eigenvalue weighted by molar-refractivity contribution is 0.0954. The van der Waals surface area contributed by atoms with Gasteiger partial charge in [0.25, 0.3) is 11.8 Å². The van der Waals surface area contributed by atoms with Crippen LogP contribution < -0.4 is 20.2 Å². The van der Waals surface area contributed by atoms with Gasteiger partial charge in [-0.15, -0.1) is 0 Å². The van der Waals surface area contributed by atoms with Crippen LogP contribution in [0.5, 0.6) is 11.5 Å². The molecule has 3 aromatic rings. The Kier molecular flexibility index (Phi) is 7.24. The molecule has 0 atom stereocenters. The third-order valence-electron chi connectivity index (χ3n) is 4.30. The molecule has 0 heterocycles. The smallest absolute Gasteiger partial charge is 0.271 e. The number of nitrogens with one attached hydrogen (secondary N) is 2. The summed E-state index contributed by atoms with van der Waals surface area (Å²) in [5, 5.41) is 7.21. The lowest BCUT2D eigenvalue weighted by atomic mass is 10.1. The number of carbonyl (C=O) groups excluding carboxylic acids is 2. The van der Waals surface area contributed by atoms with Crippen LogP contribution in [0, 0.1) is 0 Å². The second kappa shape index (κ2) is 10.3. The molecule has 3 rings (SSSR count). The third kappa shape index (κ3) is 5.83. The third-order valence-corrected chi connectivity index (χ3v) is 4.54. The van der Waals surface area contributed by atoms with E-state index in [1.807, 2.05) is 0 Å². The van der Waals surface area contributed by atoms with E-state index in [1.54, 1.807) is 73.8 Å². The molecule has 0 bridgehead atoms. The Hall–Kier alpha value is -3.84. The van der Waals surface area contributed by atoms with Crippen molar-refractivity contribution in [2.75, 3.05) is 19.5 Å². The van der Waals surface area contributed by atoms with Crippen LogP contribution in [0.15, 0.2) is 71.8 Å². The standard InChI is InChI=1S/C23H20ClN3O4/c1-30-20-11-8-17(21(13-20)31-2)14-25-27-23(29)15-6-9-19(10-7-15)26-22(28)16-4-3-5-18(24)12-16/h3-14H,1-2H3,(H,26,28)(H,27,29). The molecular weight excluding hydrogens is 418 g/mol. The Balaban J connectivity index is 1.60. The van der Waals surface area contributed by atoms with E-state index in [9.17, 15) is 9.59 Å². The van der Waals surface area contributed by atoms with Gasteiger partial charge in [-0.25, -0.2) is 5.43 Å². The Morgan fingerprint density at radius 1 is 0.903 bits per heavy atom. The summed E-state index contributed by atoms with van der Waals surface area (Å²) in [4.78, 5) is 24.6. The zero-order chi connectivity index (χ0) is 22.2. The lowest BCUT2D eigenvalue weighted by Gasteiger charge is -2.07. The first-order chi connectivity index (χ1) is 15.0. The second-order valence-corrected chi connectivity index (χ2v) is 6.79. The van der Waals surface area contributed by atoms with Gasteiger partial charge in [-0.3, -0.25) is 9.59 Å². The number of amides is 2. The number of benzene rings is 3. The maximum atomic E-state index is 12.3. The molecule has 8 heteroatoms. The van der Waals surface area contributed by atoms with Gasteiger partial charge in [-0.2, -0.15) is 5.10 Å². The van der Waals surface area contributed by atoms with Gasteiger partial charge in [0.2, 0.25) is 0 Å². The average Bonchev–Trinajstić information content (AvgIpc) is 2.79. The van der Waals surface area contributed by atoms with E-state index in [-0.39, 0.29) is 5.91 Å². The molecule has 7 nitrogen and oxygen atoms in total. The van der Waals surface area contributed by atoms with Gasteiger partial charge >= 0.3 is 0 Å². The molecule has 0 unspecified atom stereocenters. The number of hydrogen-bond donors (Lipinski definition) is 2. The number of rotatable bonds is 7. The SMILES string of the molecule is COc1ccc(C=NNC(=O)c2ccc(NC(=O)c3cccc(Cl)c3)cc2)c(OC)c1. The summed E-state index contributed by atoms with van der Waals surface area (Å²) >= 11 is 5.91. The predicted molar refractivity (Wildman–Crippen MR) is 120 cm³/mol. The van der Waals surface area contributed by atoms with Gasteiger partial charge < -0.3 is 14.8 Å². The number of carbonyl (C=O) groups is 2. The molecule has 0 fully saturated rings. The Morgan fingerprint density at radius 3 is 2.35 bits per heavy atom. The zero-order valence-corrected chi connectivity index (χ0v) is 17.6. The zero-order valence-electron chi connectivity index (χ0n) is 16.9. The van der Waals surface area contributed by atoms with E-state index >= 15 is 0 Å². The van der Waals surface area contributed by atoms with Crippen LogP contribution in [0.3, 0.4) is 0 Å². The number of halogens is 1. The van der Waals surface area contributed by atoms with Crippen molar-refractivity contribution in [2.24, 2.45) is 5.10 Å². The Morgan fingerprint density at radius 2 is 1.68 bits per heavy atom. The molecule has 2 N–H and O–H groups in total. The first-order valence-electron chi connectivity index (χ1n) is 9.22. The van der Waals surface area contributed by atoms with Gasteiger partial charge in [0.05, 0.1) is 20.4 Å². The molecule has 3 aromatic carbocycles. The highest BCUT2D eigenvalue weighted by Gasteiger charge is 2.09. The summed E-state index contributed by atoms with van der Waals surface area (Å²) in [5.74, 6) is 0.534. The van der Waals surface area contributed by atoms with Crippen molar-refractivity contribution in [2.45, 2.75) is 0 Å². The van der Waals surface area contributed by atoms with Gasteiger partial charge in [0.15, 0.2) is 0 Å². The van der Waals surface area contributed by atoms with Crippen molar-refractivity contribution in [3.05, 3.63) is 88.4 Å². The van der Waals surface area contributed by atoms with Crippen molar-refractivity contribution in [1.29, 1.82) is 0 Å². The van der Waals surface area contributed by atoms with Gasteiger partial charge in [0, 0.05) is 33.5 Å². The minimum Gasteiger partial charge on any atom is -0.497 e. The van der Waals surface area contributed by atoms with E-state index in [0.717, 1.165) is 0 Å². The van der Waals surface area contributed by atoms with E-state index in [4.69, 9.17) is 21.1 Å². The van der Waals surface area contributed by atoms with Crippen LogP contribution >= 0.6 is 11.6 Å². The molecule has 0 saturated carbocycles. The Bertz CT molecular complexity index is 1110. The van der Waals surface area contributed by atoms with Gasteiger partial charge in [0.1, 0.15) is 11.5 Å². The molecule has 0 aromatic heterocycles. The first-order valence-corrected chi connectivity index (χ1v) is 9.60. The molecule has 0 aliphatic heterocycles. The van der Waals surface area contributed by atoms with E-state index in [1.165, 1.54) is 13.3 Å². The van der Waals surface area contributed by atoms with Gasteiger partial charge in [-0.05, 0) is 54.6 Å². The number of methoxy groups -OCH3 is 2. The molecule has 0 spiro atoms. The number of anilines is 1. The summed E-state index contributed by atoms with van der Waals surface area (Å²) in [6.45, 7) is 0. The molecule has 0 aliphatic rings. The van der Waals surface area contributed by atoms with Crippen molar-refractivity contribution >= 4 is 35.3 Å². The fourth-order valence-electron chi connectivity index (χ4n) is 2.69. The van der Waals surface area contributed by atoms with E-state index < -0.39 is 5.91 Å². The largest absolute Gasteiger partial charge is 0.497 e. The summed E-state index contributed by atoms with van der Waals surface area (Å²) in [6, 6.07) is 18.3.